The maximum absolute atomic E-state index is 11.4. The average Bonchev–Trinajstić information content (AvgIpc) is 2.30. The Kier molecular flexibility index (Phi) is 1.89. The molecule has 3 atom stereocenters. The van der Waals surface area contributed by atoms with Gasteiger partial charge in [-0.05, 0) is 36.3 Å². The summed E-state index contributed by atoms with van der Waals surface area (Å²) in [6, 6.07) is 8.16. The van der Waals surface area contributed by atoms with Crippen molar-refractivity contribution in [2.24, 2.45) is 5.73 Å². The smallest absolute Gasteiger partial charge is 0.324 e. The standard InChI is InChI=1S/C13H15NO2/c14-13(12(15)16)7-8-5-6-11(13)10-4-2-1-3-9(8)10/h1-4,8,11H,5-7,14H2,(H,15,16). The van der Waals surface area contributed by atoms with Crippen LogP contribution in [0, 0.1) is 0 Å². The van der Waals surface area contributed by atoms with Gasteiger partial charge < -0.3 is 10.8 Å². The van der Waals surface area contributed by atoms with Gasteiger partial charge >= 0.3 is 5.97 Å². The molecule has 84 valence electrons. The van der Waals surface area contributed by atoms with Gasteiger partial charge in [0.25, 0.3) is 0 Å². The number of hydrogen-bond acceptors (Lipinski definition) is 2. The van der Waals surface area contributed by atoms with Crippen molar-refractivity contribution in [2.75, 3.05) is 0 Å². The van der Waals surface area contributed by atoms with Crippen LogP contribution in [0.5, 0.6) is 0 Å². The molecule has 0 heterocycles. The predicted octanol–water partition coefficient (Wildman–Crippen LogP) is 1.83. The molecule has 0 aliphatic heterocycles. The summed E-state index contributed by atoms with van der Waals surface area (Å²) < 4.78 is 0. The number of carboxylic acid groups (broad SMARTS) is 1. The maximum Gasteiger partial charge on any atom is 0.324 e. The van der Waals surface area contributed by atoms with Gasteiger partial charge in [0.05, 0.1) is 0 Å². The van der Waals surface area contributed by atoms with Gasteiger partial charge in [-0.1, -0.05) is 24.3 Å². The van der Waals surface area contributed by atoms with Gasteiger partial charge in [-0.2, -0.15) is 0 Å². The molecule has 0 saturated heterocycles. The molecule has 2 bridgehead atoms. The number of carboxylic acids is 1. The van der Waals surface area contributed by atoms with Gasteiger partial charge in [-0.25, -0.2) is 0 Å². The highest BCUT2D eigenvalue weighted by molar-refractivity contribution is 5.81. The van der Waals surface area contributed by atoms with Crippen molar-refractivity contribution in [3.05, 3.63) is 35.4 Å². The molecule has 1 aromatic carbocycles. The van der Waals surface area contributed by atoms with Crippen molar-refractivity contribution in [1.82, 2.24) is 0 Å². The number of hydrogen-bond donors (Lipinski definition) is 2. The van der Waals surface area contributed by atoms with Crippen molar-refractivity contribution in [2.45, 2.75) is 36.6 Å². The van der Waals surface area contributed by atoms with Crippen LogP contribution < -0.4 is 5.73 Å². The van der Waals surface area contributed by atoms with E-state index in [1.54, 1.807) is 0 Å². The summed E-state index contributed by atoms with van der Waals surface area (Å²) in [4.78, 5) is 11.4. The molecular weight excluding hydrogens is 202 g/mol. The summed E-state index contributed by atoms with van der Waals surface area (Å²) >= 11 is 0. The minimum Gasteiger partial charge on any atom is -0.480 e. The minimum absolute atomic E-state index is 0.00815. The molecule has 0 aromatic heterocycles. The zero-order valence-electron chi connectivity index (χ0n) is 9.02. The first kappa shape index (κ1) is 9.85. The first-order valence-electron chi connectivity index (χ1n) is 5.74. The van der Waals surface area contributed by atoms with Crippen LogP contribution in [0.25, 0.3) is 0 Å². The van der Waals surface area contributed by atoms with Crippen LogP contribution >= 0.6 is 0 Å². The molecule has 0 radical (unpaired) electrons. The third-order valence-electron chi connectivity index (χ3n) is 4.22. The molecule has 3 heteroatoms. The second-order valence-corrected chi connectivity index (χ2v) is 5.01. The molecule has 16 heavy (non-hydrogen) atoms. The number of benzene rings is 1. The fraction of sp³-hybridized carbons (Fsp3) is 0.462. The van der Waals surface area contributed by atoms with Crippen molar-refractivity contribution in [1.29, 1.82) is 0 Å². The Bertz CT molecular complexity index is 457. The van der Waals surface area contributed by atoms with E-state index in [1.165, 1.54) is 5.56 Å². The predicted molar refractivity (Wildman–Crippen MR) is 60.3 cm³/mol. The Morgan fingerprint density at radius 3 is 2.69 bits per heavy atom. The third kappa shape index (κ3) is 1.09. The summed E-state index contributed by atoms with van der Waals surface area (Å²) in [5.74, 6) is -0.523. The maximum atomic E-state index is 11.4. The molecule has 3 aliphatic rings. The van der Waals surface area contributed by atoms with E-state index in [2.05, 4.69) is 6.07 Å². The Hall–Kier alpha value is -1.35. The molecule has 3 nitrogen and oxygen atoms in total. The third-order valence-corrected chi connectivity index (χ3v) is 4.22. The molecule has 1 aromatic rings. The molecule has 3 N–H and O–H groups in total. The molecule has 3 aliphatic carbocycles. The first-order valence-corrected chi connectivity index (χ1v) is 5.74. The van der Waals surface area contributed by atoms with Crippen molar-refractivity contribution < 1.29 is 9.90 Å². The monoisotopic (exact) mass is 217 g/mol. The van der Waals surface area contributed by atoms with Crippen LogP contribution in [0.3, 0.4) is 0 Å². The zero-order valence-corrected chi connectivity index (χ0v) is 9.02. The summed E-state index contributed by atoms with van der Waals surface area (Å²) in [6.07, 6.45) is 2.57. The average molecular weight is 217 g/mol. The lowest BCUT2D eigenvalue weighted by Gasteiger charge is -2.48. The number of fused-ring (bicyclic) bond motifs is 2. The normalized spacial score (nSPS) is 35.8. The van der Waals surface area contributed by atoms with E-state index < -0.39 is 11.5 Å². The van der Waals surface area contributed by atoms with Gasteiger partial charge in [0.1, 0.15) is 5.54 Å². The number of carbonyl (C=O) groups is 1. The van der Waals surface area contributed by atoms with Crippen LogP contribution in [0.2, 0.25) is 0 Å². The first-order chi connectivity index (χ1) is 7.63. The Balaban J connectivity index is 2.15. The van der Waals surface area contributed by atoms with Gasteiger partial charge in [-0.15, -0.1) is 0 Å². The second-order valence-electron chi connectivity index (χ2n) is 5.01. The van der Waals surface area contributed by atoms with Crippen molar-refractivity contribution >= 4 is 5.97 Å². The summed E-state index contributed by atoms with van der Waals surface area (Å²) in [5.41, 5.74) is 7.54. The minimum atomic E-state index is -1.04. The summed E-state index contributed by atoms with van der Waals surface area (Å²) in [5, 5.41) is 9.32. The van der Waals surface area contributed by atoms with E-state index in [9.17, 15) is 9.90 Å². The number of rotatable bonds is 1. The lowest BCUT2D eigenvalue weighted by atomic mass is 9.58. The molecule has 4 rings (SSSR count). The van der Waals surface area contributed by atoms with Crippen LogP contribution in [0.15, 0.2) is 24.3 Å². The lowest BCUT2D eigenvalue weighted by Crippen LogP contribution is -2.58. The lowest BCUT2D eigenvalue weighted by molar-refractivity contribution is -0.146. The molecule has 0 spiro atoms. The van der Waals surface area contributed by atoms with Crippen molar-refractivity contribution in [3.63, 3.8) is 0 Å². The molecular formula is C13H15NO2. The summed E-state index contributed by atoms with van der Waals surface area (Å²) in [6.45, 7) is 0. The highest BCUT2D eigenvalue weighted by Gasteiger charge is 2.52. The van der Waals surface area contributed by atoms with Crippen LogP contribution in [-0.2, 0) is 4.79 Å². The highest BCUT2D eigenvalue weighted by atomic mass is 16.4. The van der Waals surface area contributed by atoms with Gasteiger partial charge in [-0.3, -0.25) is 4.79 Å². The topological polar surface area (TPSA) is 63.3 Å². The van der Waals surface area contributed by atoms with E-state index >= 15 is 0 Å². The fourth-order valence-corrected chi connectivity index (χ4v) is 3.41. The number of nitrogens with two attached hydrogens (primary N) is 1. The van der Waals surface area contributed by atoms with E-state index in [0.717, 1.165) is 18.4 Å². The molecule has 1 fully saturated rings. The van der Waals surface area contributed by atoms with Crippen molar-refractivity contribution in [3.8, 4) is 0 Å². The van der Waals surface area contributed by atoms with E-state index in [0.29, 0.717) is 12.3 Å². The van der Waals surface area contributed by atoms with Gasteiger partial charge in [0.15, 0.2) is 0 Å². The fourth-order valence-electron chi connectivity index (χ4n) is 3.41. The SMILES string of the molecule is NC1(C(=O)O)CC2CCC1c1ccccc12. The van der Waals surface area contributed by atoms with Gasteiger partial charge in [0, 0.05) is 5.92 Å². The Morgan fingerprint density at radius 2 is 2.00 bits per heavy atom. The van der Waals surface area contributed by atoms with E-state index in [1.807, 2.05) is 18.2 Å². The number of aliphatic carboxylic acids is 1. The second kappa shape index (κ2) is 3.08. The van der Waals surface area contributed by atoms with Gasteiger partial charge in [0.2, 0.25) is 0 Å². The summed E-state index contributed by atoms with van der Waals surface area (Å²) in [7, 11) is 0. The van der Waals surface area contributed by atoms with E-state index in [4.69, 9.17) is 5.73 Å². The van der Waals surface area contributed by atoms with E-state index in [-0.39, 0.29) is 5.92 Å². The van der Waals surface area contributed by atoms with Crippen LogP contribution in [0.1, 0.15) is 42.2 Å². The molecule has 3 unspecified atom stereocenters. The quantitative estimate of drug-likeness (QED) is 0.754. The van der Waals surface area contributed by atoms with Crippen LogP contribution in [0.4, 0.5) is 0 Å². The zero-order chi connectivity index (χ0) is 11.3. The molecule has 0 amide bonds. The Morgan fingerprint density at radius 1 is 1.31 bits per heavy atom. The largest absolute Gasteiger partial charge is 0.480 e. The molecule has 1 saturated carbocycles. The Labute approximate surface area is 94.3 Å². The van der Waals surface area contributed by atoms with Crippen LogP contribution in [-0.4, -0.2) is 16.6 Å². The highest BCUT2D eigenvalue weighted by Crippen LogP contribution is 2.53.